The van der Waals surface area contributed by atoms with E-state index in [2.05, 4.69) is 0 Å². The van der Waals surface area contributed by atoms with Crippen LogP contribution >= 0.6 is 0 Å². The van der Waals surface area contributed by atoms with Gasteiger partial charge in [0.25, 0.3) is 21.6 Å². The predicted molar refractivity (Wildman–Crippen MR) is 88.2 cm³/mol. The number of non-ortho nitro benzene ring substituents is 1. The molecule has 2 aromatic rings. The molecule has 0 atom stereocenters. The van der Waals surface area contributed by atoms with Crippen molar-refractivity contribution in [2.75, 3.05) is 6.61 Å². The first kappa shape index (κ1) is 18.4. The van der Waals surface area contributed by atoms with E-state index in [1.807, 2.05) is 29.3 Å². The first-order valence-electron chi connectivity index (χ1n) is 7.02. The van der Waals surface area contributed by atoms with Crippen LogP contribution in [0.5, 0.6) is 5.75 Å². The van der Waals surface area contributed by atoms with Crippen molar-refractivity contribution >= 4 is 21.6 Å². The van der Waals surface area contributed by atoms with Crippen LogP contribution in [-0.2, 0) is 14.8 Å². The Kier molecular flexibility index (Phi) is 5.67. The van der Waals surface area contributed by atoms with Crippen molar-refractivity contribution in [2.24, 2.45) is 0 Å². The fourth-order valence-electron chi connectivity index (χ4n) is 1.75. The molecule has 0 aromatic heterocycles. The molecule has 2 rings (SSSR count). The molecular weight excluding hydrogens is 350 g/mol. The number of nitro groups is 1. The fourth-order valence-corrected chi connectivity index (χ4v) is 2.61. The van der Waals surface area contributed by atoms with E-state index in [1.54, 1.807) is 12.1 Å². The SMILES string of the molecule is Cc1ccc(OCC(=O)NNS(=O)(=O)c2ccc([N+](=O)[O-])cc2)cc1. The van der Waals surface area contributed by atoms with Crippen molar-refractivity contribution in [3.05, 3.63) is 64.2 Å². The Hall–Kier alpha value is -2.98. The smallest absolute Gasteiger partial charge is 0.272 e. The van der Waals surface area contributed by atoms with Crippen LogP contribution in [0, 0.1) is 17.0 Å². The van der Waals surface area contributed by atoms with Gasteiger partial charge in [-0.2, -0.15) is 0 Å². The van der Waals surface area contributed by atoms with Crippen LogP contribution in [0.1, 0.15) is 5.56 Å². The number of carbonyl (C=O) groups is 1. The summed E-state index contributed by atoms with van der Waals surface area (Å²) in [5, 5.41) is 10.6. The highest BCUT2D eigenvalue weighted by Gasteiger charge is 2.16. The second kappa shape index (κ2) is 7.73. The van der Waals surface area contributed by atoms with Gasteiger partial charge in [0, 0.05) is 12.1 Å². The summed E-state index contributed by atoms with van der Waals surface area (Å²) in [4.78, 5) is 23.2. The maximum atomic E-state index is 12.0. The van der Waals surface area contributed by atoms with Crippen LogP contribution in [0.4, 0.5) is 5.69 Å². The fraction of sp³-hybridized carbons (Fsp3) is 0.133. The summed E-state index contributed by atoms with van der Waals surface area (Å²) < 4.78 is 29.2. The van der Waals surface area contributed by atoms with Crippen LogP contribution in [0.15, 0.2) is 53.4 Å². The number of nitro benzene ring substituents is 1. The Bertz CT molecular complexity index is 863. The van der Waals surface area contributed by atoms with Gasteiger partial charge in [0.15, 0.2) is 6.61 Å². The second-order valence-electron chi connectivity index (χ2n) is 5.01. The number of hydrogen-bond donors (Lipinski definition) is 2. The molecule has 0 spiro atoms. The minimum atomic E-state index is -4.05. The van der Waals surface area contributed by atoms with Crippen LogP contribution in [0.25, 0.3) is 0 Å². The molecule has 0 saturated carbocycles. The van der Waals surface area contributed by atoms with E-state index in [1.165, 1.54) is 0 Å². The quantitative estimate of drug-likeness (QED) is 0.562. The summed E-state index contributed by atoms with van der Waals surface area (Å²) in [5.74, 6) is -0.231. The number of rotatable bonds is 7. The Morgan fingerprint density at radius 2 is 1.72 bits per heavy atom. The average molecular weight is 365 g/mol. The van der Waals surface area contributed by atoms with Gasteiger partial charge in [0.05, 0.1) is 9.82 Å². The molecule has 0 bridgehead atoms. The maximum Gasteiger partial charge on any atom is 0.272 e. The van der Waals surface area contributed by atoms with E-state index < -0.39 is 20.9 Å². The topological polar surface area (TPSA) is 128 Å². The number of benzene rings is 2. The lowest BCUT2D eigenvalue weighted by Gasteiger charge is -2.09. The molecule has 1 amide bonds. The first-order valence-corrected chi connectivity index (χ1v) is 8.51. The Balaban J connectivity index is 1.89. The number of aryl methyl sites for hydroxylation is 1. The first-order chi connectivity index (χ1) is 11.8. The Morgan fingerprint density at radius 3 is 2.28 bits per heavy atom. The zero-order chi connectivity index (χ0) is 18.4. The minimum absolute atomic E-state index is 0.224. The normalized spacial score (nSPS) is 10.9. The van der Waals surface area contributed by atoms with Crippen LogP contribution in [-0.4, -0.2) is 25.9 Å². The third-order valence-corrected chi connectivity index (χ3v) is 4.34. The summed E-state index contributed by atoms with van der Waals surface area (Å²) in [6.45, 7) is 1.52. The van der Waals surface area contributed by atoms with E-state index in [0.717, 1.165) is 29.8 Å². The van der Waals surface area contributed by atoms with E-state index >= 15 is 0 Å². The molecule has 10 heteroatoms. The largest absolute Gasteiger partial charge is 0.484 e. The van der Waals surface area contributed by atoms with Gasteiger partial charge in [0.1, 0.15) is 5.75 Å². The molecule has 0 aliphatic rings. The highest BCUT2D eigenvalue weighted by atomic mass is 32.2. The number of nitrogens with zero attached hydrogens (tertiary/aromatic N) is 1. The zero-order valence-electron chi connectivity index (χ0n) is 13.1. The number of carbonyl (C=O) groups excluding carboxylic acids is 1. The molecule has 0 fully saturated rings. The number of hydrogen-bond acceptors (Lipinski definition) is 6. The number of nitrogens with one attached hydrogen (secondary N) is 2. The molecule has 9 nitrogen and oxygen atoms in total. The Morgan fingerprint density at radius 1 is 1.12 bits per heavy atom. The van der Waals surface area contributed by atoms with E-state index in [9.17, 15) is 23.3 Å². The van der Waals surface area contributed by atoms with Gasteiger partial charge in [-0.1, -0.05) is 17.7 Å². The highest BCUT2D eigenvalue weighted by Crippen LogP contribution is 2.15. The molecule has 0 unspecified atom stereocenters. The van der Waals surface area contributed by atoms with E-state index in [-0.39, 0.29) is 17.2 Å². The average Bonchev–Trinajstić information content (AvgIpc) is 2.59. The summed E-state index contributed by atoms with van der Waals surface area (Å²) >= 11 is 0. The lowest BCUT2D eigenvalue weighted by Crippen LogP contribution is -2.43. The van der Waals surface area contributed by atoms with E-state index in [0.29, 0.717) is 5.75 Å². The second-order valence-corrected chi connectivity index (χ2v) is 6.69. The van der Waals surface area contributed by atoms with E-state index in [4.69, 9.17) is 4.74 Å². The van der Waals surface area contributed by atoms with Crippen LogP contribution < -0.4 is 15.0 Å². The number of amides is 1. The molecule has 25 heavy (non-hydrogen) atoms. The molecule has 0 radical (unpaired) electrons. The van der Waals surface area contributed by atoms with Crippen molar-refractivity contribution < 1.29 is 22.9 Å². The van der Waals surface area contributed by atoms with Gasteiger partial charge in [-0.25, -0.2) is 8.42 Å². The molecule has 0 aliphatic carbocycles. The molecule has 2 N–H and O–H groups in total. The summed E-state index contributed by atoms with van der Waals surface area (Å²) in [7, 11) is -4.05. The standard InChI is InChI=1S/C15H15N3O6S/c1-11-2-6-13(7-3-11)24-10-15(19)16-17-25(22,23)14-8-4-12(5-9-14)18(20)21/h2-9,17H,10H2,1H3,(H,16,19). The zero-order valence-corrected chi connectivity index (χ0v) is 13.9. The van der Waals surface area contributed by atoms with Crippen molar-refractivity contribution in [1.29, 1.82) is 0 Å². The third-order valence-electron chi connectivity index (χ3n) is 3.07. The van der Waals surface area contributed by atoms with Crippen molar-refractivity contribution in [3.63, 3.8) is 0 Å². The minimum Gasteiger partial charge on any atom is -0.484 e. The highest BCUT2D eigenvalue weighted by molar-refractivity contribution is 7.89. The molecule has 0 saturated heterocycles. The summed E-state index contributed by atoms with van der Waals surface area (Å²) in [6.07, 6.45) is 0. The van der Waals surface area contributed by atoms with Crippen LogP contribution in [0.3, 0.4) is 0 Å². The monoisotopic (exact) mass is 365 g/mol. The van der Waals surface area contributed by atoms with Crippen molar-refractivity contribution in [3.8, 4) is 5.75 Å². The number of hydrazine groups is 1. The lowest BCUT2D eigenvalue weighted by molar-refractivity contribution is -0.384. The molecule has 132 valence electrons. The third kappa shape index (κ3) is 5.26. The Labute approximate surface area is 143 Å². The van der Waals surface area contributed by atoms with Gasteiger partial charge < -0.3 is 4.74 Å². The number of ether oxygens (including phenoxy) is 1. The molecular formula is C15H15N3O6S. The molecule has 0 heterocycles. The van der Waals surface area contributed by atoms with Gasteiger partial charge >= 0.3 is 0 Å². The predicted octanol–water partition coefficient (Wildman–Crippen LogP) is 1.29. The van der Waals surface area contributed by atoms with Crippen LogP contribution in [0.2, 0.25) is 0 Å². The van der Waals surface area contributed by atoms with Gasteiger partial charge in [-0.15, -0.1) is 4.83 Å². The van der Waals surface area contributed by atoms with Gasteiger partial charge in [-0.3, -0.25) is 20.3 Å². The number of sulfonamides is 1. The lowest BCUT2D eigenvalue weighted by atomic mass is 10.2. The molecule has 2 aromatic carbocycles. The summed E-state index contributed by atoms with van der Waals surface area (Å²) in [5.41, 5.74) is 2.80. The van der Waals surface area contributed by atoms with Gasteiger partial charge in [-0.05, 0) is 31.2 Å². The van der Waals surface area contributed by atoms with Crippen molar-refractivity contribution in [2.45, 2.75) is 11.8 Å². The summed E-state index contributed by atoms with van der Waals surface area (Å²) in [6, 6.07) is 11.2. The van der Waals surface area contributed by atoms with Crippen molar-refractivity contribution in [1.82, 2.24) is 10.3 Å². The molecule has 0 aliphatic heterocycles. The maximum absolute atomic E-state index is 12.0. The van der Waals surface area contributed by atoms with Gasteiger partial charge in [0.2, 0.25) is 0 Å².